The lowest BCUT2D eigenvalue weighted by Gasteiger charge is -2.11. The van der Waals surface area contributed by atoms with E-state index in [1.165, 1.54) is 39.3 Å². The summed E-state index contributed by atoms with van der Waals surface area (Å²) < 4.78 is 14.6. The zero-order chi connectivity index (χ0) is 16.0. The average Bonchev–Trinajstić information content (AvgIpc) is 2.46. The Kier molecular flexibility index (Phi) is 5.71. The van der Waals surface area contributed by atoms with Crippen LogP contribution in [0.25, 0.3) is 0 Å². The van der Waals surface area contributed by atoms with Crippen molar-refractivity contribution in [2.45, 2.75) is 13.3 Å². The minimum atomic E-state index is -1.10. The number of carbonyl (C=O) groups is 3. The number of hydrogen-bond acceptors (Lipinski definition) is 6. The number of hydrogen-bond donors (Lipinski definition) is 1. The normalized spacial score (nSPS) is 11.4. The van der Waals surface area contributed by atoms with Gasteiger partial charge in [-0.15, -0.1) is 0 Å². The molecule has 0 radical (unpaired) electrons. The number of carboxylic acid groups (broad SMARTS) is 1. The van der Waals surface area contributed by atoms with Crippen molar-refractivity contribution in [2.24, 2.45) is 5.92 Å². The van der Waals surface area contributed by atoms with Gasteiger partial charge in [-0.3, -0.25) is 9.59 Å². The van der Waals surface area contributed by atoms with Gasteiger partial charge in [0.05, 0.1) is 26.6 Å². The number of methoxy groups -OCH3 is 2. The third-order valence-electron chi connectivity index (χ3n) is 2.71. The summed E-state index contributed by atoms with van der Waals surface area (Å²) in [5, 5.41) is 8.75. The van der Waals surface area contributed by atoms with Gasteiger partial charge in [-0.05, 0) is 18.2 Å². The smallest absolute Gasteiger partial charge is 0.341 e. The molecular formula is C14H16O7. The molecule has 0 aliphatic heterocycles. The summed E-state index contributed by atoms with van der Waals surface area (Å²) in [5.41, 5.74) is 0.0215. The molecule has 1 aromatic rings. The van der Waals surface area contributed by atoms with Crippen molar-refractivity contribution in [3.63, 3.8) is 0 Å². The van der Waals surface area contributed by atoms with Gasteiger partial charge in [0.1, 0.15) is 17.1 Å². The molecule has 1 rings (SSSR count). The minimum absolute atomic E-state index is 0.00904. The fourth-order valence-corrected chi connectivity index (χ4v) is 1.50. The second-order valence-electron chi connectivity index (χ2n) is 4.27. The quantitative estimate of drug-likeness (QED) is 0.627. The molecule has 0 spiro atoms. The van der Waals surface area contributed by atoms with E-state index in [-0.39, 0.29) is 17.7 Å². The first-order valence-electron chi connectivity index (χ1n) is 6.08. The van der Waals surface area contributed by atoms with Crippen LogP contribution in [0.3, 0.4) is 0 Å². The van der Waals surface area contributed by atoms with E-state index in [2.05, 4.69) is 4.74 Å². The molecule has 1 N–H and O–H groups in total. The summed E-state index contributed by atoms with van der Waals surface area (Å²) in [6.07, 6.45) is -0.304. The van der Waals surface area contributed by atoms with Crippen LogP contribution in [0.5, 0.6) is 11.5 Å². The van der Waals surface area contributed by atoms with Crippen LogP contribution in [-0.2, 0) is 14.3 Å². The molecule has 0 aliphatic carbocycles. The van der Waals surface area contributed by atoms with Crippen LogP contribution in [0.2, 0.25) is 0 Å². The van der Waals surface area contributed by atoms with Gasteiger partial charge < -0.3 is 19.3 Å². The van der Waals surface area contributed by atoms with E-state index in [1.807, 2.05) is 0 Å². The molecule has 0 saturated heterocycles. The van der Waals surface area contributed by atoms with Gasteiger partial charge in [0.25, 0.3) is 0 Å². The number of carboxylic acids is 1. The van der Waals surface area contributed by atoms with Gasteiger partial charge in [0.2, 0.25) is 0 Å². The number of aliphatic carboxylic acids is 1. The predicted molar refractivity (Wildman–Crippen MR) is 71.4 cm³/mol. The molecule has 0 fully saturated rings. The van der Waals surface area contributed by atoms with Crippen LogP contribution in [0.1, 0.15) is 23.7 Å². The van der Waals surface area contributed by atoms with Crippen LogP contribution >= 0.6 is 0 Å². The second kappa shape index (κ2) is 7.28. The van der Waals surface area contributed by atoms with Gasteiger partial charge in [0.15, 0.2) is 0 Å². The number of rotatable bonds is 6. The number of esters is 2. The standard InChI is InChI=1S/C14H16O7/c1-8(13(16)17)6-12(15)21-11-5-4-9(19-2)7-10(11)14(18)20-3/h4-5,7-8H,6H2,1-3H3,(H,16,17). The van der Waals surface area contributed by atoms with Crippen molar-refractivity contribution in [1.29, 1.82) is 0 Å². The van der Waals surface area contributed by atoms with Crippen molar-refractivity contribution in [3.05, 3.63) is 23.8 Å². The molecule has 0 aromatic heterocycles. The number of carbonyl (C=O) groups excluding carboxylic acids is 2. The summed E-state index contributed by atoms with van der Waals surface area (Å²) in [4.78, 5) is 34.0. The number of ether oxygens (including phenoxy) is 3. The van der Waals surface area contributed by atoms with E-state index >= 15 is 0 Å². The molecule has 1 unspecified atom stereocenters. The van der Waals surface area contributed by atoms with Crippen molar-refractivity contribution in [3.8, 4) is 11.5 Å². The van der Waals surface area contributed by atoms with E-state index in [4.69, 9.17) is 14.6 Å². The lowest BCUT2D eigenvalue weighted by molar-refractivity contribution is -0.146. The summed E-state index contributed by atoms with van der Waals surface area (Å²) in [6, 6.07) is 4.26. The highest BCUT2D eigenvalue weighted by Crippen LogP contribution is 2.25. The molecule has 0 amide bonds. The molecule has 7 nitrogen and oxygen atoms in total. The monoisotopic (exact) mass is 296 g/mol. The third kappa shape index (κ3) is 4.48. The first-order chi connectivity index (χ1) is 9.88. The maximum Gasteiger partial charge on any atom is 0.341 e. The largest absolute Gasteiger partial charge is 0.497 e. The highest BCUT2D eigenvalue weighted by atomic mass is 16.5. The van der Waals surface area contributed by atoms with Crippen molar-refractivity contribution in [1.82, 2.24) is 0 Å². The molecule has 1 aromatic carbocycles. The SMILES string of the molecule is COC(=O)c1cc(OC)ccc1OC(=O)CC(C)C(=O)O. The topological polar surface area (TPSA) is 99.1 Å². The van der Waals surface area contributed by atoms with E-state index in [1.54, 1.807) is 0 Å². The molecule has 0 heterocycles. The average molecular weight is 296 g/mol. The second-order valence-corrected chi connectivity index (χ2v) is 4.27. The maximum absolute atomic E-state index is 11.7. The lowest BCUT2D eigenvalue weighted by atomic mass is 10.1. The highest BCUT2D eigenvalue weighted by molar-refractivity contribution is 5.94. The molecule has 0 aliphatic rings. The van der Waals surface area contributed by atoms with Gasteiger partial charge in [-0.2, -0.15) is 0 Å². The minimum Gasteiger partial charge on any atom is -0.497 e. The van der Waals surface area contributed by atoms with Crippen LogP contribution in [0, 0.1) is 5.92 Å². The van der Waals surface area contributed by atoms with Gasteiger partial charge in [-0.25, -0.2) is 4.79 Å². The van der Waals surface area contributed by atoms with Crippen molar-refractivity contribution in [2.75, 3.05) is 14.2 Å². The Labute approximate surface area is 121 Å². The van der Waals surface area contributed by atoms with Crippen molar-refractivity contribution >= 4 is 17.9 Å². The van der Waals surface area contributed by atoms with E-state index in [0.29, 0.717) is 5.75 Å². The molecule has 0 saturated carbocycles. The van der Waals surface area contributed by atoms with E-state index < -0.39 is 23.8 Å². The van der Waals surface area contributed by atoms with Gasteiger partial charge in [0, 0.05) is 0 Å². The van der Waals surface area contributed by atoms with E-state index in [0.717, 1.165) is 0 Å². The van der Waals surface area contributed by atoms with E-state index in [9.17, 15) is 14.4 Å². The summed E-state index contributed by atoms with van der Waals surface area (Å²) in [5.74, 6) is -3.03. The number of benzene rings is 1. The molecular weight excluding hydrogens is 280 g/mol. The third-order valence-corrected chi connectivity index (χ3v) is 2.71. The Morgan fingerprint density at radius 1 is 1.24 bits per heavy atom. The fourth-order valence-electron chi connectivity index (χ4n) is 1.50. The molecule has 21 heavy (non-hydrogen) atoms. The Balaban J connectivity index is 2.94. The summed E-state index contributed by atoms with van der Waals surface area (Å²) in [7, 11) is 2.62. The van der Waals surface area contributed by atoms with Crippen LogP contribution < -0.4 is 9.47 Å². The molecule has 1 atom stereocenters. The van der Waals surface area contributed by atoms with Crippen LogP contribution in [0.15, 0.2) is 18.2 Å². The zero-order valence-corrected chi connectivity index (χ0v) is 11.9. The van der Waals surface area contributed by atoms with Gasteiger partial charge in [-0.1, -0.05) is 6.92 Å². The first kappa shape index (κ1) is 16.5. The Hall–Kier alpha value is -2.57. The fraction of sp³-hybridized carbons (Fsp3) is 0.357. The summed E-state index contributed by atoms with van der Waals surface area (Å²) in [6.45, 7) is 1.39. The van der Waals surface area contributed by atoms with Gasteiger partial charge >= 0.3 is 17.9 Å². The molecule has 7 heteroatoms. The Bertz CT molecular complexity index is 550. The maximum atomic E-state index is 11.7. The first-order valence-corrected chi connectivity index (χ1v) is 6.08. The molecule has 0 bridgehead atoms. The van der Waals surface area contributed by atoms with Crippen LogP contribution in [-0.4, -0.2) is 37.2 Å². The predicted octanol–water partition coefficient (Wildman–Crippen LogP) is 1.50. The molecule has 114 valence electrons. The zero-order valence-electron chi connectivity index (χ0n) is 11.9. The summed E-state index contributed by atoms with van der Waals surface area (Å²) >= 11 is 0. The highest BCUT2D eigenvalue weighted by Gasteiger charge is 2.21. The van der Waals surface area contributed by atoms with Crippen LogP contribution in [0.4, 0.5) is 0 Å². The lowest BCUT2D eigenvalue weighted by Crippen LogP contribution is -2.19. The Morgan fingerprint density at radius 3 is 2.43 bits per heavy atom. The Morgan fingerprint density at radius 2 is 1.90 bits per heavy atom. The van der Waals surface area contributed by atoms with Crippen molar-refractivity contribution < 1.29 is 33.7 Å².